The van der Waals surface area contributed by atoms with Crippen LogP contribution in [0.3, 0.4) is 0 Å². The maximum absolute atomic E-state index is 13.3. The van der Waals surface area contributed by atoms with Gasteiger partial charge >= 0.3 is 5.97 Å². The number of rotatable bonds is 53. The van der Waals surface area contributed by atoms with E-state index in [1.165, 1.54) is 205 Å². The number of amides is 1. The Morgan fingerprint density at radius 1 is 0.446 bits per heavy atom. The molecule has 0 spiro atoms. The standard InChI is InChI=1S/C59H113NO5/c1-4-7-10-13-16-19-22-25-27-29-31-33-35-38-41-44-47-50-55(65-59(64)52-49-46-43-40-37-24-21-18-15-12-9-6-3)53-58(63)60-56(54-61)57(62)51-48-45-42-39-36-34-32-30-28-26-23-20-17-14-11-8-5-2/h16,19,25,27,55-57,61-62H,4-15,17-18,20-24,26,28-54H2,1-3H3,(H,60,63)/b19-16-,27-25-. The topological polar surface area (TPSA) is 95.9 Å². The summed E-state index contributed by atoms with van der Waals surface area (Å²) in [5.41, 5.74) is 0. The Kier molecular flexibility index (Phi) is 51.9. The molecular weight excluding hydrogens is 803 g/mol. The first-order valence-corrected chi connectivity index (χ1v) is 29.1. The van der Waals surface area contributed by atoms with Gasteiger partial charge in [-0.15, -0.1) is 0 Å². The van der Waals surface area contributed by atoms with Crippen LogP contribution < -0.4 is 5.32 Å². The first-order valence-electron chi connectivity index (χ1n) is 29.1. The molecule has 0 aliphatic heterocycles. The molecular formula is C59H113NO5. The largest absolute Gasteiger partial charge is 0.462 e. The van der Waals surface area contributed by atoms with Crippen LogP contribution >= 0.6 is 0 Å². The molecule has 0 rings (SSSR count). The lowest BCUT2D eigenvalue weighted by Crippen LogP contribution is -2.46. The van der Waals surface area contributed by atoms with Gasteiger partial charge in [-0.2, -0.15) is 0 Å². The number of nitrogens with one attached hydrogen (secondary N) is 1. The number of esters is 1. The number of unbranched alkanes of at least 4 members (excludes halogenated alkanes) is 37. The number of aliphatic hydroxyl groups excluding tert-OH is 2. The summed E-state index contributed by atoms with van der Waals surface area (Å²) in [5.74, 6) is -0.463. The van der Waals surface area contributed by atoms with E-state index in [9.17, 15) is 19.8 Å². The molecule has 0 radical (unpaired) electrons. The Morgan fingerprint density at radius 3 is 1.20 bits per heavy atom. The van der Waals surface area contributed by atoms with Crippen molar-refractivity contribution < 1.29 is 24.5 Å². The van der Waals surface area contributed by atoms with Gasteiger partial charge in [-0.05, 0) is 57.8 Å². The number of aliphatic hydroxyl groups is 2. The van der Waals surface area contributed by atoms with Crippen LogP contribution in [0.5, 0.6) is 0 Å². The van der Waals surface area contributed by atoms with Gasteiger partial charge in [-0.25, -0.2) is 0 Å². The van der Waals surface area contributed by atoms with Crippen LogP contribution in [0.25, 0.3) is 0 Å². The number of allylic oxidation sites excluding steroid dienone is 4. The van der Waals surface area contributed by atoms with Crippen LogP contribution in [-0.2, 0) is 14.3 Å². The van der Waals surface area contributed by atoms with Crippen molar-refractivity contribution in [3.8, 4) is 0 Å². The van der Waals surface area contributed by atoms with Crippen LogP contribution in [-0.4, -0.2) is 46.9 Å². The summed E-state index contributed by atoms with van der Waals surface area (Å²) in [6.07, 6.45) is 62.4. The molecule has 65 heavy (non-hydrogen) atoms. The van der Waals surface area contributed by atoms with Gasteiger partial charge in [0.1, 0.15) is 6.10 Å². The van der Waals surface area contributed by atoms with Gasteiger partial charge in [0.15, 0.2) is 0 Å². The normalized spacial score (nSPS) is 13.2. The maximum Gasteiger partial charge on any atom is 0.306 e. The molecule has 6 nitrogen and oxygen atoms in total. The van der Waals surface area contributed by atoms with E-state index in [0.29, 0.717) is 19.3 Å². The van der Waals surface area contributed by atoms with Crippen molar-refractivity contribution in [2.75, 3.05) is 6.61 Å². The van der Waals surface area contributed by atoms with Crippen molar-refractivity contribution in [3.63, 3.8) is 0 Å². The highest BCUT2D eigenvalue weighted by atomic mass is 16.5. The Labute approximate surface area is 405 Å². The van der Waals surface area contributed by atoms with E-state index in [4.69, 9.17) is 4.74 Å². The Bertz CT molecular complexity index is 1030. The van der Waals surface area contributed by atoms with Gasteiger partial charge in [0, 0.05) is 6.42 Å². The van der Waals surface area contributed by atoms with Gasteiger partial charge < -0.3 is 20.3 Å². The lowest BCUT2D eigenvalue weighted by atomic mass is 10.0. The first-order chi connectivity index (χ1) is 32.0. The minimum atomic E-state index is -0.787. The fraction of sp³-hybridized carbons (Fsp3) is 0.898. The summed E-state index contributed by atoms with van der Waals surface area (Å²) in [4.78, 5) is 26.2. The lowest BCUT2D eigenvalue weighted by Gasteiger charge is -2.24. The maximum atomic E-state index is 13.3. The second-order valence-corrected chi connectivity index (χ2v) is 20.1. The Morgan fingerprint density at radius 2 is 0.785 bits per heavy atom. The lowest BCUT2D eigenvalue weighted by molar-refractivity contribution is -0.151. The molecule has 0 aromatic heterocycles. The fourth-order valence-electron chi connectivity index (χ4n) is 9.11. The molecule has 384 valence electrons. The van der Waals surface area contributed by atoms with Crippen molar-refractivity contribution in [2.24, 2.45) is 0 Å². The minimum absolute atomic E-state index is 0.0781. The second-order valence-electron chi connectivity index (χ2n) is 20.1. The second kappa shape index (κ2) is 53.3. The molecule has 0 aromatic rings. The molecule has 0 aliphatic carbocycles. The molecule has 6 heteroatoms. The number of hydrogen-bond donors (Lipinski definition) is 3. The van der Waals surface area contributed by atoms with Crippen LogP contribution in [0.1, 0.15) is 316 Å². The van der Waals surface area contributed by atoms with E-state index in [0.717, 1.165) is 64.2 Å². The molecule has 1 amide bonds. The quantitative estimate of drug-likeness (QED) is 0.0321. The summed E-state index contributed by atoms with van der Waals surface area (Å²) >= 11 is 0. The van der Waals surface area contributed by atoms with Crippen molar-refractivity contribution in [1.29, 1.82) is 0 Å². The smallest absolute Gasteiger partial charge is 0.306 e. The highest BCUT2D eigenvalue weighted by molar-refractivity contribution is 5.77. The summed E-state index contributed by atoms with van der Waals surface area (Å²) in [6, 6.07) is -0.700. The third-order valence-corrected chi connectivity index (χ3v) is 13.5. The van der Waals surface area contributed by atoms with E-state index in [-0.39, 0.29) is 24.9 Å². The number of carbonyl (C=O) groups excluding carboxylic acids is 2. The van der Waals surface area contributed by atoms with Crippen molar-refractivity contribution in [1.82, 2.24) is 5.32 Å². The fourth-order valence-corrected chi connectivity index (χ4v) is 9.11. The van der Waals surface area contributed by atoms with E-state index >= 15 is 0 Å². The third kappa shape index (κ3) is 48.6. The van der Waals surface area contributed by atoms with Gasteiger partial charge in [-0.1, -0.05) is 270 Å². The molecule has 0 aromatic carbocycles. The predicted molar refractivity (Wildman–Crippen MR) is 283 cm³/mol. The Balaban J connectivity index is 4.50. The van der Waals surface area contributed by atoms with Crippen molar-refractivity contribution in [2.45, 2.75) is 334 Å². The van der Waals surface area contributed by atoms with E-state index in [1.807, 2.05) is 0 Å². The molecule has 0 heterocycles. The Hall–Kier alpha value is -1.66. The van der Waals surface area contributed by atoms with Crippen LogP contribution in [0.2, 0.25) is 0 Å². The highest BCUT2D eigenvalue weighted by Gasteiger charge is 2.24. The van der Waals surface area contributed by atoms with E-state index < -0.39 is 18.2 Å². The zero-order chi connectivity index (χ0) is 47.4. The van der Waals surface area contributed by atoms with Gasteiger partial charge in [-0.3, -0.25) is 9.59 Å². The zero-order valence-electron chi connectivity index (χ0n) is 43.9. The molecule has 0 saturated heterocycles. The molecule has 0 bridgehead atoms. The molecule has 0 fully saturated rings. The molecule has 0 aliphatic rings. The van der Waals surface area contributed by atoms with Crippen LogP contribution in [0, 0.1) is 0 Å². The molecule has 3 atom stereocenters. The van der Waals surface area contributed by atoms with Crippen molar-refractivity contribution >= 4 is 11.9 Å². The van der Waals surface area contributed by atoms with Gasteiger partial charge in [0.2, 0.25) is 5.91 Å². The average Bonchev–Trinajstić information content (AvgIpc) is 3.30. The highest BCUT2D eigenvalue weighted by Crippen LogP contribution is 2.19. The van der Waals surface area contributed by atoms with Gasteiger partial charge in [0.05, 0.1) is 25.2 Å². The van der Waals surface area contributed by atoms with Crippen molar-refractivity contribution in [3.05, 3.63) is 24.3 Å². The molecule has 3 N–H and O–H groups in total. The molecule has 0 saturated carbocycles. The minimum Gasteiger partial charge on any atom is -0.462 e. The zero-order valence-corrected chi connectivity index (χ0v) is 43.9. The van der Waals surface area contributed by atoms with Gasteiger partial charge in [0.25, 0.3) is 0 Å². The summed E-state index contributed by atoms with van der Waals surface area (Å²) in [5, 5.41) is 23.9. The monoisotopic (exact) mass is 916 g/mol. The molecule has 3 unspecified atom stereocenters. The number of hydrogen-bond acceptors (Lipinski definition) is 5. The van der Waals surface area contributed by atoms with Crippen LogP contribution in [0.15, 0.2) is 24.3 Å². The van der Waals surface area contributed by atoms with E-state index in [1.54, 1.807) is 0 Å². The number of carbonyl (C=O) groups is 2. The number of ether oxygens (including phenoxy) is 1. The summed E-state index contributed by atoms with van der Waals surface area (Å²) in [7, 11) is 0. The summed E-state index contributed by atoms with van der Waals surface area (Å²) < 4.78 is 5.96. The summed E-state index contributed by atoms with van der Waals surface area (Å²) in [6.45, 7) is 6.49. The average molecular weight is 917 g/mol. The predicted octanol–water partition coefficient (Wildman–Crippen LogP) is 17.9. The first kappa shape index (κ1) is 63.3. The van der Waals surface area contributed by atoms with E-state index in [2.05, 4.69) is 50.4 Å². The third-order valence-electron chi connectivity index (χ3n) is 13.5. The van der Waals surface area contributed by atoms with Crippen LogP contribution in [0.4, 0.5) is 0 Å². The SMILES string of the molecule is CCCCC/C=C\C/C=C\CCCCCCCCCC(CC(=O)NC(CO)C(O)CCCCCCCCCCCCCCCCCCC)OC(=O)CCCCCCCCCCCCCC.